The maximum atomic E-state index is 13.4. The van der Waals surface area contributed by atoms with E-state index in [2.05, 4.69) is 31.6 Å². The van der Waals surface area contributed by atoms with E-state index in [4.69, 9.17) is 0 Å². The van der Waals surface area contributed by atoms with Gasteiger partial charge in [-0.15, -0.1) is 24.0 Å². The fourth-order valence-corrected chi connectivity index (χ4v) is 3.65. The SMILES string of the molecule is CN=C(NCCc1ccc(C)nc1)NC1CCCN(c2ccc(F)cc2C)C1.I. The summed E-state index contributed by atoms with van der Waals surface area (Å²) in [7, 11) is 1.80. The molecule has 1 fully saturated rings. The summed E-state index contributed by atoms with van der Waals surface area (Å²) in [5.74, 6) is 0.643. The highest BCUT2D eigenvalue weighted by atomic mass is 127. The van der Waals surface area contributed by atoms with Crippen LogP contribution in [0.4, 0.5) is 10.1 Å². The van der Waals surface area contributed by atoms with Crippen molar-refractivity contribution in [2.24, 2.45) is 4.99 Å². The Labute approximate surface area is 190 Å². The highest BCUT2D eigenvalue weighted by Crippen LogP contribution is 2.24. The van der Waals surface area contributed by atoms with E-state index >= 15 is 0 Å². The molecular weight excluding hydrogens is 480 g/mol. The van der Waals surface area contributed by atoms with Gasteiger partial charge >= 0.3 is 0 Å². The van der Waals surface area contributed by atoms with Crippen LogP contribution >= 0.6 is 24.0 Å². The van der Waals surface area contributed by atoms with Crippen LogP contribution in [-0.4, -0.2) is 43.7 Å². The van der Waals surface area contributed by atoms with E-state index in [1.807, 2.05) is 32.2 Å². The highest BCUT2D eigenvalue weighted by molar-refractivity contribution is 14.0. The number of aryl methyl sites for hydroxylation is 2. The fraction of sp³-hybridized carbons (Fsp3) is 0.455. The third-order valence-corrected chi connectivity index (χ3v) is 5.16. The molecule has 7 heteroatoms. The molecule has 0 radical (unpaired) electrons. The van der Waals surface area contributed by atoms with Crippen LogP contribution in [0.2, 0.25) is 0 Å². The second-order valence-electron chi connectivity index (χ2n) is 7.42. The molecule has 1 aromatic carbocycles. The molecule has 0 saturated carbocycles. The van der Waals surface area contributed by atoms with Crippen LogP contribution < -0.4 is 15.5 Å². The first kappa shape index (κ1) is 23.4. The molecule has 1 unspecified atom stereocenters. The number of hydrogen-bond acceptors (Lipinski definition) is 3. The third-order valence-electron chi connectivity index (χ3n) is 5.16. The normalized spacial score (nSPS) is 16.9. The lowest BCUT2D eigenvalue weighted by molar-refractivity contribution is 0.467. The van der Waals surface area contributed by atoms with E-state index in [0.29, 0.717) is 6.04 Å². The van der Waals surface area contributed by atoms with E-state index in [9.17, 15) is 4.39 Å². The number of nitrogens with zero attached hydrogens (tertiary/aromatic N) is 3. The van der Waals surface area contributed by atoms with Gasteiger partial charge in [0.15, 0.2) is 5.96 Å². The zero-order chi connectivity index (χ0) is 19.9. The molecule has 0 amide bonds. The van der Waals surface area contributed by atoms with Crippen molar-refractivity contribution in [2.75, 3.05) is 31.6 Å². The van der Waals surface area contributed by atoms with E-state index in [1.165, 1.54) is 5.56 Å². The van der Waals surface area contributed by atoms with Gasteiger partial charge in [0.1, 0.15) is 5.82 Å². The molecule has 0 spiro atoms. The van der Waals surface area contributed by atoms with Gasteiger partial charge in [-0.05, 0) is 68.5 Å². The number of hydrogen-bond donors (Lipinski definition) is 2. The number of pyridine rings is 1. The zero-order valence-corrected chi connectivity index (χ0v) is 19.7. The minimum atomic E-state index is -0.179. The Morgan fingerprint density at radius 1 is 1.28 bits per heavy atom. The van der Waals surface area contributed by atoms with E-state index in [-0.39, 0.29) is 29.8 Å². The summed E-state index contributed by atoms with van der Waals surface area (Å²) in [6, 6.07) is 9.49. The first-order valence-corrected chi connectivity index (χ1v) is 9.95. The Balaban J connectivity index is 0.00000300. The predicted octanol–water partition coefficient (Wildman–Crippen LogP) is 3.83. The Morgan fingerprint density at radius 2 is 2.10 bits per heavy atom. The first-order valence-electron chi connectivity index (χ1n) is 9.95. The molecule has 1 saturated heterocycles. The van der Waals surface area contributed by atoms with Gasteiger partial charge < -0.3 is 15.5 Å². The monoisotopic (exact) mass is 511 g/mol. The van der Waals surface area contributed by atoms with Crippen LogP contribution in [-0.2, 0) is 6.42 Å². The number of halogens is 2. The maximum absolute atomic E-state index is 13.4. The average molecular weight is 511 g/mol. The minimum Gasteiger partial charge on any atom is -0.369 e. The van der Waals surface area contributed by atoms with Crippen molar-refractivity contribution >= 4 is 35.6 Å². The summed E-state index contributed by atoms with van der Waals surface area (Å²) in [5.41, 5.74) is 4.34. The summed E-state index contributed by atoms with van der Waals surface area (Å²) in [6.07, 6.45) is 5.02. The Morgan fingerprint density at radius 3 is 2.79 bits per heavy atom. The Hall–Kier alpha value is -1.90. The first-order chi connectivity index (χ1) is 13.5. The van der Waals surface area contributed by atoms with Gasteiger partial charge in [0.25, 0.3) is 0 Å². The number of nitrogens with one attached hydrogen (secondary N) is 2. The van der Waals surface area contributed by atoms with Crippen molar-refractivity contribution in [1.82, 2.24) is 15.6 Å². The number of piperidine rings is 1. The van der Waals surface area contributed by atoms with E-state index in [0.717, 1.165) is 61.8 Å². The zero-order valence-electron chi connectivity index (χ0n) is 17.4. The summed E-state index contributed by atoms with van der Waals surface area (Å²) in [4.78, 5) is 11.0. The second kappa shape index (κ2) is 11.3. The molecule has 0 bridgehead atoms. The summed E-state index contributed by atoms with van der Waals surface area (Å²) < 4.78 is 13.4. The van der Waals surface area contributed by atoms with Crippen LogP contribution in [0.3, 0.4) is 0 Å². The molecule has 1 aliphatic rings. The molecule has 2 aromatic rings. The fourth-order valence-electron chi connectivity index (χ4n) is 3.65. The second-order valence-corrected chi connectivity index (χ2v) is 7.42. The number of benzene rings is 1. The average Bonchev–Trinajstić information content (AvgIpc) is 2.69. The topological polar surface area (TPSA) is 52.6 Å². The maximum Gasteiger partial charge on any atom is 0.191 e. The molecule has 2 N–H and O–H groups in total. The van der Waals surface area contributed by atoms with E-state index in [1.54, 1.807) is 19.2 Å². The Kier molecular flexibility index (Phi) is 9.13. The molecule has 1 aromatic heterocycles. The third kappa shape index (κ3) is 6.83. The number of aromatic nitrogens is 1. The number of guanidine groups is 1. The van der Waals surface area contributed by atoms with Crippen LogP contribution in [0.1, 0.15) is 29.7 Å². The van der Waals surface area contributed by atoms with Crippen molar-refractivity contribution in [1.29, 1.82) is 0 Å². The van der Waals surface area contributed by atoms with Crippen LogP contribution in [0, 0.1) is 19.7 Å². The summed E-state index contributed by atoms with van der Waals surface area (Å²) in [5, 5.41) is 6.94. The van der Waals surface area contributed by atoms with Gasteiger partial charge in [-0.2, -0.15) is 0 Å². The molecule has 2 heterocycles. The van der Waals surface area contributed by atoms with Crippen molar-refractivity contribution in [3.05, 3.63) is 59.2 Å². The highest BCUT2D eigenvalue weighted by Gasteiger charge is 2.22. The van der Waals surface area contributed by atoms with Crippen LogP contribution in [0.15, 0.2) is 41.5 Å². The standard InChI is InChI=1S/C22H30FN5.HI/c1-16-13-19(23)8-9-21(16)28-12-4-5-20(15-28)27-22(24-3)25-11-10-18-7-6-17(2)26-14-18;/h6-9,13-14,20H,4-5,10-12,15H2,1-3H3,(H2,24,25,27);1H. The van der Waals surface area contributed by atoms with Crippen LogP contribution in [0.25, 0.3) is 0 Å². The van der Waals surface area contributed by atoms with Crippen LogP contribution in [0.5, 0.6) is 0 Å². The van der Waals surface area contributed by atoms with Crippen molar-refractivity contribution in [3.63, 3.8) is 0 Å². The lowest BCUT2D eigenvalue weighted by Crippen LogP contribution is -2.51. The van der Waals surface area contributed by atoms with Gasteiger partial charge in [0, 0.05) is 50.3 Å². The van der Waals surface area contributed by atoms with E-state index < -0.39 is 0 Å². The molecule has 3 rings (SSSR count). The summed E-state index contributed by atoms with van der Waals surface area (Å²) in [6.45, 7) is 6.65. The lowest BCUT2D eigenvalue weighted by atomic mass is 10.0. The van der Waals surface area contributed by atoms with Crippen molar-refractivity contribution < 1.29 is 4.39 Å². The Bertz CT molecular complexity index is 809. The van der Waals surface area contributed by atoms with Gasteiger partial charge in [-0.25, -0.2) is 4.39 Å². The van der Waals surface area contributed by atoms with Gasteiger partial charge in [0.2, 0.25) is 0 Å². The predicted molar refractivity (Wildman–Crippen MR) is 129 cm³/mol. The minimum absolute atomic E-state index is 0. The van der Waals surface area contributed by atoms with Gasteiger partial charge in [0.05, 0.1) is 0 Å². The molecule has 29 heavy (non-hydrogen) atoms. The van der Waals surface area contributed by atoms with Crippen molar-refractivity contribution in [2.45, 2.75) is 39.2 Å². The number of anilines is 1. The molecule has 0 aliphatic carbocycles. The van der Waals surface area contributed by atoms with Crippen molar-refractivity contribution in [3.8, 4) is 0 Å². The molecule has 1 aliphatic heterocycles. The molecular formula is C22H31FIN5. The molecule has 5 nitrogen and oxygen atoms in total. The number of aliphatic imine (C=N–C) groups is 1. The largest absolute Gasteiger partial charge is 0.369 e. The van der Waals surface area contributed by atoms with Gasteiger partial charge in [-0.1, -0.05) is 6.07 Å². The van der Waals surface area contributed by atoms with Gasteiger partial charge in [-0.3, -0.25) is 9.98 Å². The lowest BCUT2D eigenvalue weighted by Gasteiger charge is -2.36. The smallest absolute Gasteiger partial charge is 0.191 e. The number of rotatable bonds is 5. The molecule has 158 valence electrons. The summed E-state index contributed by atoms with van der Waals surface area (Å²) >= 11 is 0. The molecule has 1 atom stereocenters. The quantitative estimate of drug-likeness (QED) is 0.364.